The maximum Gasteiger partial charge on any atom is 0.573 e. The fourth-order valence-corrected chi connectivity index (χ4v) is 5.24. The van der Waals surface area contributed by atoms with Crippen LogP contribution >= 0.6 is 0 Å². The van der Waals surface area contributed by atoms with Crippen molar-refractivity contribution >= 4 is 21.4 Å². The normalized spacial score (nSPS) is 14.1. The number of rotatable bonds is 7. The number of anilines is 1. The summed E-state index contributed by atoms with van der Waals surface area (Å²) in [6.45, 7) is 3.75. The maximum atomic E-state index is 13.4. The molecule has 0 amide bonds. The number of aryl methyl sites for hydroxylation is 2. The summed E-state index contributed by atoms with van der Waals surface area (Å²) in [6.07, 6.45) is -7.27. The van der Waals surface area contributed by atoms with Crippen LogP contribution in [0.15, 0.2) is 76.2 Å². The largest absolute Gasteiger partial charge is 0.573 e. The molecule has 0 atom stereocenters. The molecule has 4 aromatic rings. The smallest absolute Gasteiger partial charge is 0.406 e. The van der Waals surface area contributed by atoms with Gasteiger partial charge in [0.1, 0.15) is 17.3 Å². The molecule has 15 heteroatoms. The molecule has 1 N–H and O–H groups in total. The zero-order valence-corrected chi connectivity index (χ0v) is 22.5. The number of allylic oxidation sites excluding steroid dienone is 4. The molecule has 0 spiro atoms. The van der Waals surface area contributed by atoms with Gasteiger partial charge in [0.25, 0.3) is 10.0 Å². The quantitative estimate of drug-likeness (QED) is 0.223. The van der Waals surface area contributed by atoms with Gasteiger partial charge < -0.3 is 9.26 Å². The summed E-state index contributed by atoms with van der Waals surface area (Å²) in [6, 6.07) is 12.3. The monoisotopic (exact) mass is 610 g/mol. The van der Waals surface area contributed by atoms with Crippen LogP contribution < -0.4 is 9.46 Å². The van der Waals surface area contributed by atoms with E-state index in [1.807, 2.05) is 19.9 Å². The van der Waals surface area contributed by atoms with Crippen molar-refractivity contribution in [2.75, 3.05) is 4.72 Å². The van der Waals surface area contributed by atoms with Gasteiger partial charge in [-0.3, -0.25) is 4.72 Å². The van der Waals surface area contributed by atoms with E-state index in [0.717, 1.165) is 23.3 Å². The summed E-state index contributed by atoms with van der Waals surface area (Å²) in [5.74, 6) is -1.73. The summed E-state index contributed by atoms with van der Waals surface area (Å²) in [4.78, 5) is -0.142. The van der Waals surface area contributed by atoms with Gasteiger partial charge in [-0.2, -0.15) is 18.3 Å². The number of alkyl halides is 6. The van der Waals surface area contributed by atoms with E-state index >= 15 is 0 Å². The molecule has 0 unspecified atom stereocenters. The molecule has 0 saturated carbocycles. The van der Waals surface area contributed by atoms with Gasteiger partial charge in [0.2, 0.25) is 5.76 Å². The van der Waals surface area contributed by atoms with E-state index in [1.54, 1.807) is 12.1 Å². The Balaban J connectivity index is 1.44. The Morgan fingerprint density at radius 1 is 0.905 bits per heavy atom. The summed E-state index contributed by atoms with van der Waals surface area (Å²) >= 11 is 0. The number of hydrogen-bond donors (Lipinski definition) is 1. The second-order valence-corrected chi connectivity index (χ2v) is 11.1. The number of hydrogen-bond acceptors (Lipinski definition) is 6. The maximum absolute atomic E-state index is 13.4. The highest BCUT2D eigenvalue weighted by Gasteiger charge is 2.37. The van der Waals surface area contributed by atoms with Crippen molar-refractivity contribution in [3.05, 3.63) is 94.2 Å². The fraction of sp³-hybridized carbons (Fsp3) is 0.185. The zero-order valence-electron chi connectivity index (χ0n) is 21.7. The Hall–Kier alpha value is -4.53. The van der Waals surface area contributed by atoms with Crippen molar-refractivity contribution in [2.45, 2.75) is 32.8 Å². The Bertz CT molecular complexity index is 1820. The lowest BCUT2D eigenvalue weighted by atomic mass is 10.1. The van der Waals surface area contributed by atoms with Crippen molar-refractivity contribution in [1.29, 1.82) is 0 Å². The first-order valence-corrected chi connectivity index (χ1v) is 13.6. The number of benzene rings is 2. The molecule has 0 radical (unpaired) electrons. The molecule has 42 heavy (non-hydrogen) atoms. The average Bonchev–Trinajstić information content (AvgIpc) is 3.64. The van der Waals surface area contributed by atoms with Crippen LogP contribution in [-0.4, -0.2) is 29.7 Å². The molecule has 1 aliphatic carbocycles. The number of nitrogens with zero attached hydrogens (tertiary/aromatic N) is 3. The van der Waals surface area contributed by atoms with Crippen molar-refractivity contribution in [3.63, 3.8) is 0 Å². The number of sulfonamides is 1. The van der Waals surface area contributed by atoms with Gasteiger partial charge in [-0.15, -0.1) is 13.2 Å². The Morgan fingerprint density at radius 3 is 2.24 bits per heavy atom. The number of ether oxygens (including phenoxy) is 1. The number of halogens is 6. The van der Waals surface area contributed by atoms with Crippen LogP contribution in [0.1, 0.15) is 29.0 Å². The molecule has 0 bridgehead atoms. The van der Waals surface area contributed by atoms with Crippen LogP contribution in [0.4, 0.5) is 32.2 Å². The minimum Gasteiger partial charge on any atom is -0.406 e. The Kier molecular flexibility index (Phi) is 7.17. The van der Waals surface area contributed by atoms with E-state index in [0.29, 0.717) is 17.3 Å². The van der Waals surface area contributed by atoms with E-state index in [-0.39, 0.29) is 34.1 Å². The van der Waals surface area contributed by atoms with E-state index in [2.05, 4.69) is 24.2 Å². The Labute approximate surface area is 234 Å². The van der Waals surface area contributed by atoms with Crippen molar-refractivity contribution in [1.82, 2.24) is 14.9 Å². The molecular formula is C27H20F6N4O4S. The highest BCUT2D eigenvalue weighted by molar-refractivity contribution is 7.96. The van der Waals surface area contributed by atoms with Gasteiger partial charge in [0.15, 0.2) is 0 Å². The molecule has 0 aliphatic heterocycles. The summed E-state index contributed by atoms with van der Waals surface area (Å²) < 4.78 is 115. The first-order chi connectivity index (χ1) is 19.6. The van der Waals surface area contributed by atoms with Crippen molar-refractivity contribution < 1.29 is 44.0 Å². The molecule has 0 saturated heterocycles. The van der Waals surface area contributed by atoms with Crippen LogP contribution in [0, 0.1) is 13.8 Å². The second kappa shape index (κ2) is 10.4. The lowest BCUT2D eigenvalue weighted by Gasteiger charge is -2.12. The molecule has 1 aliphatic rings. The highest BCUT2D eigenvalue weighted by Crippen LogP contribution is 2.36. The third-order valence-corrected chi connectivity index (χ3v) is 7.81. The Morgan fingerprint density at radius 2 is 1.62 bits per heavy atom. The average molecular weight is 611 g/mol. The van der Waals surface area contributed by atoms with Crippen LogP contribution in [0.2, 0.25) is 0 Å². The van der Waals surface area contributed by atoms with Gasteiger partial charge in [-0.1, -0.05) is 17.3 Å². The first kappa shape index (κ1) is 29.0. The van der Waals surface area contributed by atoms with Gasteiger partial charge >= 0.3 is 12.5 Å². The lowest BCUT2D eigenvalue weighted by molar-refractivity contribution is -0.274. The zero-order chi connectivity index (χ0) is 30.4. The molecular weight excluding hydrogens is 590 g/mol. The summed E-state index contributed by atoms with van der Waals surface area (Å²) in [5, 5.41) is 7.89. The topological polar surface area (TPSA) is 99.2 Å². The summed E-state index contributed by atoms with van der Waals surface area (Å²) in [5.41, 5.74) is 3.05. The standard InChI is InChI=1S/C27H20F6N4O4S/c1-15-3-7-19(11-16(15)2)37-25(14-22(34-37)17-4-8-20(9-5-17)40-27(31,32)33)36-42(38,39)21-10-6-18(12-21)23-13-24(41-35-23)26(28,29)30/h3-11,13-14,36H,12H2,1-2H3. The molecule has 2 heterocycles. The van der Waals surface area contributed by atoms with Gasteiger partial charge in [0, 0.05) is 24.1 Å². The van der Waals surface area contributed by atoms with Crippen LogP contribution in [-0.2, 0) is 16.2 Å². The first-order valence-electron chi connectivity index (χ1n) is 12.1. The molecule has 2 aromatic heterocycles. The van der Waals surface area contributed by atoms with E-state index in [1.165, 1.54) is 35.0 Å². The van der Waals surface area contributed by atoms with Crippen molar-refractivity contribution in [3.8, 4) is 22.7 Å². The minimum atomic E-state index is -4.87. The van der Waals surface area contributed by atoms with Gasteiger partial charge in [0.05, 0.1) is 16.3 Å². The molecule has 5 rings (SSSR count). The predicted octanol–water partition coefficient (Wildman–Crippen LogP) is 7.17. The van der Waals surface area contributed by atoms with Gasteiger partial charge in [-0.05, 0) is 73.0 Å². The number of aromatic nitrogens is 3. The van der Waals surface area contributed by atoms with E-state index < -0.39 is 34.1 Å². The van der Waals surface area contributed by atoms with Crippen LogP contribution in [0.3, 0.4) is 0 Å². The minimum absolute atomic E-state index is 0.0130. The number of nitrogens with one attached hydrogen (secondary N) is 1. The van der Waals surface area contributed by atoms with Crippen LogP contribution in [0.25, 0.3) is 22.5 Å². The fourth-order valence-electron chi connectivity index (χ4n) is 4.10. The SMILES string of the molecule is Cc1ccc(-n2nc(-c3ccc(OC(F)(F)F)cc3)cc2NS(=O)(=O)C2=CC=C(c3cc(C(F)(F)F)on3)C2)cc1C. The third-order valence-electron chi connectivity index (χ3n) is 6.37. The predicted molar refractivity (Wildman–Crippen MR) is 140 cm³/mol. The summed E-state index contributed by atoms with van der Waals surface area (Å²) in [7, 11) is -4.25. The van der Waals surface area contributed by atoms with E-state index in [9.17, 15) is 34.8 Å². The van der Waals surface area contributed by atoms with Crippen molar-refractivity contribution in [2.24, 2.45) is 0 Å². The molecule has 220 valence electrons. The van der Waals surface area contributed by atoms with E-state index in [4.69, 9.17) is 0 Å². The molecule has 8 nitrogen and oxygen atoms in total. The molecule has 0 fully saturated rings. The lowest BCUT2D eigenvalue weighted by Crippen LogP contribution is -2.17. The van der Waals surface area contributed by atoms with Crippen LogP contribution in [0.5, 0.6) is 5.75 Å². The molecule has 2 aromatic carbocycles. The van der Waals surface area contributed by atoms with Gasteiger partial charge in [-0.25, -0.2) is 13.1 Å². The third kappa shape index (κ3) is 6.20. The second-order valence-electron chi connectivity index (χ2n) is 9.35. The highest BCUT2D eigenvalue weighted by atomic mass is 32.2.